The number of benzene rings is 1. The van der Waals surface area contributed by atoms with E-state index in [2.05, 4.69) is 34.3 Å². The van der Waals surface area contributed by atoms with Crippen molar-refractivity contribution >= 4 is 5.91 Å². The Hall–Kier alpha value is -1.43. The van der Waals surface area contributed by atoms with Gasteiger partial charge in [0.1, 0.15) is 0 Å². The van der Waals surface area contributed by atoms with Crippen LogP contribution in [0, 0.1) is 5.92 Å². The average molecular weight is 345 g/mol. The van der Waals surface area contributed by atoms with Crippen LogP contribution in [0.5, 0.6) is 0 Å². The largest absolute Gasteiger partial charge is 0.393 e. The molecule has 1 aromatic carbocycles. The fraction of sp³-hybridized carbons (Fsp3) is 0.650. The van der Waals surface area contributed by atoms with Gasteiger partial charge in [-0.05, 0) is 37.6 Å². The van der Waals surface area contributed by atoms with E-state index < -0.39 is 0 Å². The molecule has 1 aromatic rings. The number of nitrogens with one attached hydrogen (secondary N) is 1. The van der Waals surface area contributed by atoms with Crippen LogP contribution in [0.2, 0.25) is 0 Å². The summed E-state index contributed by atoms with van der Waals surface area (Å²) in [6.07, 6.45) is 3.85. The molecule has 5 nitrogen and oxygen atoms in total. The van der Waals surface area contributed by atoms with E-state index in [-0.39, 0.29) is 17.9 Å². The summed E-state index contributed by atoms with van der Waals surface area (Å²) in [7, 11) is 2.16. The summed E-state index contributed by atoms with van der Waals surface area (Å²) in [6.45, 7) is 5.96. The standard InChI is InChI=1S/C20H31N3O2/c1-22-10-12-23(13-11-22)15-16-6-8-17(9-7-16)20(25)21-14-18-4-2-3-5-19(18)24/h6-9,18-19,24H,2-5,10-15H2,1H3,(H,21,25)/t18-,19-/m0/s1. The number of hydrogen-bond acceptors (Lipinski definition) is 4. The monoisotopic (exact) mass is 345 g/mol. The van der Waals surface area contributed by atoms with E-state index in [1.807, 2.05) is 12.1 Å². The maximum absolute atomic E-state index is 12.3. The second kappa shape index (κ2) is 8.79. The molecule has 1 aliphatic carbocycles. The van der Waals surface area contributed by atoms with E-state index in [0.29, 0.717) is 12.1 Å². The number of amides is 1. The molecular formula is C20H31N3O2. The third-order valence-corrected chi connectivity index (χ3v) is 5.61. The fourth-order valence-corrected chi connectivity index (χ4v) is 3.78. The number of aliphatic hydroxyl groups is 1. The van der Waals surface area contributed by atoms with Crippen LogP contribution >= 0.6 is 0 Å². The molecule has 0 bridgehead atoms. The van der Waals surface area contributed by atoms with E-state index in [4.69, 9.17) is 0 Å². The Kier molecular flexibility index (Phi) is 6.45. The molecule has 0 unspecified atom stereocenters. The van der Waals surface area contributed by atoms with Crippen LogP contribution in [0.1, 0.15) is 41.6 Å². The number of carbonyl (C=O) groups is 1. The molecule has 2 N–H and O–H groups in total. The van der Waals surface area contributed by atoms with Crippen molar-refractivity contribution in [3.05, 3.63) is 35.4 Å². The van der Waals surface area contributed by atoms with Crippen molar-refractivity contribution in [2.75, 3.05) is 39.8 Å². The Morgan fingerprint density at radius 2 is 1.80 bits per heavy atom. The molecule has 0 radical (unpaired) electrons. The van der Waals surface area contributed by atoms with Gasteiger partial charge in [-0.1, -0.05) is 25.0 Å². The predicted molar refractivity (Wildman–Crippen MR) is 99.5 cm³/mol. The minimum absolute atomic E-state index is 0.0380. The lowest BCUT2D eigenvalue weighted by Gasteiger charge is -2.32. The van der Waals surface area contributed by atoms with Gasteiger partial charge in [-0.25, -0.2) is 0 Å². The van der Waals surface area contributed by atoms with Gasteiger partial charge in [0, 0.05) is 50.7 Å². The molecule has 1 aliphatic heterocycles. The lowest BCUT2D eigenvalue weighted by atomic mass is 9.86. The Morgan fingerprint density at radius 3 is 2.48 bits per heavy atom. The highest BCUT2D eigenvalue weighted by Gasteiger charge is 2.23. The van der Waals surface area contributed by atoms with Crippen molar-refractivity contribution in [1.82, 2.24) is 15.1 Å². The minimum atomic E-state index is -0.264. The Balaban J connectivity index is 1.47. The molecule has 0 spiro atoms. The van der Waals surface area contributed by atoms with Crippen molar-refractivity contribution in [2.24, 2.45) is 5.92 Å². The number of piperazine rings is 1. The first-order valence-corrected chi connectivity index (χ1v) is 9.58. The van der Waals surface area contributed by atoms with Crippen LogP contribution in [-0.4, -0.2) is 66.7 Å². The van der Waals surface area contributed by atoms with Gasteiger partial charge < -0.3 is 15.3 Å². The van der Waals surface area contributed by atoms with Crippen LogP contribution in [0.3, 0.4) is 0 Å². The maximum atomic E-state index is 12.3. The van der Waals surface area contributed by atoms with Crippen LogP contribution in [-0.2, 0) is 6.54 Å². The zero-order valence-corrected chi connectivity index (χ0v) is 15.3. The molecule has 1 saturated carbocycles. The van der Waals surface area contributed by atoms with Gasteiger partial charge in [0.15, 0.2) is 0 Å². The fourth-order valence-electron chi connectivity index (χ4n) is 3.78. The third kappa shape index (κ3) is 5.27. The van der Waals surface area contributed by atoms with Crippen molar-refractivity contribution in [3.8, 4) is 0 Å². The molecule has 0 aromatic heterocycles. The molecule has 2 fully saturated rings. The van der Waals surface area contributed by atoms with E-state index in [1.165, 1.54) is 5.56 Å². The normalized spacial score (nSPS) is 25.7. The highest BCUT2D eigenvalue weighted by Crippen LogP contribution is 2.23. The lowest BCUT2D eigenvalue weighted by Crippen LogP contribution is -2.43. The zero-order chi connectivity index (χ0) is 17.6. The summed E-state index contributed by atoms with van der Waals surface area (Å²) in [5.74, 6) is 0.165. The van der Waals surface area contributed by atoms with Crippen LogP contribution in [0.25, 0.3) is 0 Å². The van der Waals surface area contributed by atoms with Gasteiger partial charge in [0.2, 0.25) is 0 Å². The summed E-state index contributed by atoms with van der Waals surface area (Å²) in [5, 5.41) is 13.0. The maximum Gasteiger partial charge on any atom is 0.251 e. The quantitative estimate of drug-likeness (QED) is 0.853. The highest BCUT2D eigenvalue weighted by molar-refractivity contribution is 5.94. The third-order valence-electron chi connectivity index (χ3n) is 5.61. The van der Waals surface area contributed by atoms with Crippen LogP contribution in [0.15, 0.2) is 24.3 Å². The van der Waals surface area contributed by atoms with Crippen molar-refractivity contribution in [1.29, 1.82) is 0 Å². The number of nitrogens with zero attached hydrogens (tertiary/aromatic N) is 2. The summed E-state index contributed by atoms with van der Waals surface area (Å²) >= 11 is 0. The summed E-state index contributed by atoms with van der Waals surface area (Å²) in [4.78, 5) is 17.1. The number of rotatable bonds is 5. The first-order chi connectivity index (χ1) is 12.1. The van der Waals surface area contributed by atoms with Gasteiger partial charge in [-0.3, -0.25) is 9.69 Å². The second-order valence-corrected chi connectivity index (χ2v) is 7.60. The summed E-state index contributed by atoms with van der Waals surface area (Å²) in [5.41, 5.74) is 1.95. The Morgan fingerprint density at radius 1 is 1.12 bits per heavy atom. The molecule has 5 heteroatoms. The van der Waals surface area contributed by atoms with Gasteiger partial charge in [0.25, 0.3) is 5.91 Å². The molecule has 1 heterocycles. The van der Waals surface area contributed by atoms with Gasteiger partial charge in [0.05, 0.1) is 6.10 Å². The summed E-state index contributed by atoms with van der Waals surface area (Å²) < 4.78 is 0. The minimum Gasteiger partial charge on any atom is -0.393 e. The number of aliphatic hydroxyl groups excluding tert-OH is 1. The number of hydrogen-bond donors (Lipinski definition) is 2. The van der Waals surface area contributed by atoms with E-state index >= 15 is 0 Å². The van der Waals surface area contributed by atoms with E-state index in [1.54, 1.807) is 0 Å². The topological polar surface area (TPSA) is 55.8 Å². The van der Waals surface area contributed by atoms with Crippen molar-refractivity contribution in [2.45, 2.75) is 38.3 Å². The molecule has 1 saturated heterocycles. The smallest absolute Gasteiger partial charge is 0.251 e. The van der Waals surface area contributed by atoms with E-state index in [9.17, 15) is 9.90 Å². The van der Waals surface area contributed by atoms with Crippen molar-refractivity contribution < 1.29 is 9.90 Å². The number of likely N-dealkylation sites (N-methyl/N-ethyl adjacent to an activating group) is 1. The zero-order valence-electron chi connectivity index (χ0n) is 15.3. The molecular weight excluding hydrogens is 314 g/mol. The first-order valence-electron chi connectivity index (χ1n) is 9.58. The lowest BCUT2D eigenvalue weighted by molar-refractivity contribution is 0.0663. The molecule has 1 amide bonds. The van der Waals surface area contributed by atoms with Gasteiger partial charge >= 0.3 is 0 Å². The molecule has 2 atom stereocenters. The average Bonchev–Trinajstić information content (AvgIpc) is 2.63. The first kappa shape index (κ1) is 18.4. The van der Waals surface area contributed by atoms with Gasteiger partial charge in [-0.15, -0.1) is 0 Å². The summed E-state index contributed by atoms with van der Waals surface area (Å²) in [6, 6.07) is 7.95. The second-order valence-electron chi connectivity index (χ2n) is 7.60. The SMILES string of the molecule is CN1CCN(Cc2ccc(C(=O)NC[C@@H]3CCCC[C@@H]3O)cc2)CC1. The molecule has 138 valence electrons. The van der Waals surface area contributed by atoms with Crippen LogP contribution < -0.4 is 5.32 Å². The van der Waals surface area contributed by atoms with Crippen molar-refractivity contribution in [3.63, 3.8) is 0 Å². The highest BCUT2D eigenvalue weighted by atomic mass is 16.3. The number of carbonyl (C=O) groups excluding carboxylic acids is 1. The Labute approximate surface area is 151 Å². The molecule has 2 aliphatic rings. The Bertz CT molecular complexity index is 553. The van der Waals surface area contributed by atoms with E-state index in [0.717, 1.165) is 58.4 Å². The van der Waals surface area contributed by atoms with Gasteiger partial charge in [-0.2, -0.15) is 0 Å². The van der Waals surface area contributed by atoms with Crippen LogP contribution in [0.4, 0.5) is 0 Å². The molecule has 3 rings (SSSR count). The predicted octanol–water partition coefficient (Wildman–Crippen LogP) is 1.71. The molecule has 25 heavy (non-hydrogen) atoms.